The van der Waals surface area contributed by atoms with Crippen molar-refractivity contribution < 1.29 is 4.39 Å². The molecular weight excluding hydrogens is 348 g/mol. The first-order chi connectivity index (χ1) is 8.11. The van der Waals surface area contributed by atoms with Gasteiger partial charge >= 0.3 is 0 Å². The Morgan fingerprint density at radius 3 is 2.71 bits per heavy atom. The summed E-state index contributed by atoms with van der Waals surface area (Å²) in [4.78, 5) is 2.46. The van der Waals surface area contributed by atoms with Crippen molar-refractivity contribution in [3.05, 3.63) is 55.0 Å². The number of aryl methyl sites for hydroxylation is 1. The van der Waals surface area contributed by atoms with E-state index in [2.05, 4.69) is 41.6 Å². The Kier molecular flexibility index (Phi) is 4.17. The second-order valence-corrected chi connectivity index (χ2v) is 6.16. The van der Waals surface area contributed by atoms with Crippen LogP contribution >= 0.6 is 33.9 Å². The summed E-state index contributed by atoms with van der Waals surface area (Å²) in [7, 11) is 0. The van der Waals surface area contributed by atoms with E-state index >= 15 is 0 Å². The van der Waals surface area contributed by atoms with Crippen molar-refractivity contribution in [1.82, 2.24) is 0 Å². The third-order valence-corrected chi connectivity index (χ3v) is 4.88. The van der Waals surface area contributed by atoms with E-state index in [4.69, 9.17) is 5.73 Å². The molecule has 0 fully saturated rings. The zero-order valence-corrected chi connectivity index (χ0v) is 12.4. The minimum absolute atomic E-state index is 0.159. The van der Waals surface area contributed by atoms with Crippen LogP contribution in [0.4, 0.5) is 4.39 Å². The normalized spacial score (nSPS) is 12.7. The molecule has 1 nitrogen and oxygen atoms in total. The summed E-state index contributed by atoms with van der Waals surface area (Å²) in [5.41, 5.74) is 7.20. The Labute approximate surface area is 118 Å². The van der Waals surface area contributed by atoms with Gasteiger partial charge in [-0.15, -0.1) is 11.3 Å². The standard InChI is InChI=1S/C13H13FINS/c1-2-9-4-6-12(17-9)13(16)10-5-3-8(14)7-11(10)15/h3-7,13H,2,16H2,1H3. The van der Waals surface area contributed by atoms with E-state index in [1.165, 1.54) is 17.0 Å². The largest absolute Gasteiger partial charge is 0.320 e. The van der Waals surface area contributed by atoms with Gasteiger partial charge < -0.3 is 5.73 Å². The third kappa shape index (κ3) is 2.86. The van der Waals surface area contributed by atoms with Crippen molar-refractivity contribution in [2.24, 2.45) is 5.73 Å². The van der Waals surface area contributed by atoms with Crippen LogP contribution in [0.2, 0.25) is 0 Å². The average Bonchev–Trinajstić information content (AvgIpc) is 2.76. The average molecular weight is 361 g/mol. The van der Waals surface area contributed by atoms with Gasteiger partial charge in [-0.2, -0.15) is 0 Å². The van der Waals surface area contributed by atoms with Crippen LogP contribution in [0, 0.1) is 9.39 Å². The zero-order chi connectivity index (χ0) is 12.4. The highest BCUT2D eigenvalue weighted by atomic mass is 127. The highest BCUT2D eigenvalue weighted by molar-refractivity contribution is 14.1. The molecule has 1 atom stereocenters. The van der Waals surface area contributed by atoms with Crippen LogP contribution in [0.1, 0.15) is 28.3 Å². The van der Waals surface area contributed by atoms with Crippen LogP contribution in [0.3, 0.4) is 0 Å². The minimum Gasteiger partial charge on any atom is -0.320 e. The predicted octanol–water partition coefficient (Wildman–Crippen LogP) is 4.10. The van der Waals surface area contributed by atoms with E-state index in [0.29, 0.717) is 0 Å². The number of nitrogens with two attached hydrogens (primary N) is 1. The molecular formula is C13H13FINS. The lowest BCUT2D eigenvalue weighted by Crippen LogP contribution is -2.11. The summed E-state index contributed by atoms with van der Waals surface area (Å²) in [6.07, 6.45) is 1.03. The van der Waals surface area contributed by atoms with Gasteiger partial charge in [-0.3, -0.25) is 0 Å². The highest BCUT2D eigenvalue weighted by Crippen LogP contribution is 2.29. The first-order valence-electron chi connectivity index (χ1n) is 5.41. The van der Waals surface area contributed by atoms with Crippen LogP contribution in [-0.4, -0.2) is 0 Å². The fourth-order valence-corrected chi connectivity index (χ4v) is 3.44. The molecule has 0 amide bonds. The number of thiophene rings is 1. The second-order valence-electron chi connectivity index (χ2n) is 3.80. The smallest absolute Gasteiger partial charge is 0.124 e. The maximum Gasteiger partial charge on any atom is 0.124 e. The van der Waals surface area contributed by atoms with Gasteiger partial charge in [0.25, 0.3) is 0 Å². The summed E-state index contributed by atoms with van der Waals surface area (Å²) in [5.74, 6) is -0.217. The van der Waals surface area contributed by atoms with Crippen LogP contribution in [-0.2, 0) is 6.42 Å². The number of hydrogen-bond acceptors (Lipinski definition) is 2. The number of benzene rings is 1. The topological polar surface area (TPSA) is 26.0 Å². The summed E-state index contributed by atoms with van der Waals surface area (Å²) in [6, 6.07) is 8.76. The molecule has 4 heteroatoms. The van der Waals surface area contributed by atoms with Gasteiger partial charge in [0.1, 0.15) is 5.82 Å². The van der Waals surface area contributed by atoms with Crippen LogP contribution < -0.4 is 5.73 Å². The van der Waals surface area contributed by atoms with E-state index in [1.54, 1.807) is 17.4 Å². The van der Waals surface area contributed by atoms with Crippen molar-refractivity contribution in [1.29, 1.82) is 0 Å². The van der Waals surface area contributed by atoms with Crippen molar-refractivity contribution in [2.75, 3.05) is 0 Å². The molecule has 0 spiro atoms. The first-order valence-corrected chi connectivity index (χ1v) is 7.30. The lowest BCUT2D eigenvalue weighted by atomic mass is 10.1. The molecule has 17 heavy (non-hydrogen) atoms. The lowest BCUT2D eigenvalue weighted by Gasteiger charge is -2.12. The molecule has 1 unspecified atom stereocenters. The van der Waals surface area contributed by atoms with E-state index in [9.17, 15) is 4.39 Å². The molecule has 0 aliphatic rings. The zero-order valence-electron chi connectivity index (χ0n) is 9.41. The van der Waals surface area contributed by atoms with Gasteiger partial charge in [-0.05, 0) is 58.8 Å². The third-order valence-electron chi connectivity index (χ3n) is 2.63. The molecule has 1 heterocycles. The van der Waals surface area contributed by atoms with Gasteiger partial charge in [-0.1, -0.05) is 13.0 Å². The fourth-order valence-electron chi connectivity index (χ4n) is 1.66. The Morgan fingerprint density at radius 1 is 1.35 bits per heavy atom. The van der Waals surface area contributed by atoms with Crippen LogP contribution in [0.25, 0.3) is 0 Å². The number of rotatable bonds is 3. The van der Waals surface area contributed by atoms with Gasteiger partial charge in [0.2, 0.25) is 0 Å². The summed E-state index contributed by atoms with van der Waals surface area (Å²) < 4.78 is 13.9. The van der Waals surface area contributed by atoms with Crippen LogP contribution in [0.15, 0.2) is 30.3 Å². The SMILES string of the molecule is CCc1ccc(C(N)c2ccc(F)cc2I)s1. The van der Waals surface area contributed by atoms with Crippen molar-refractivity contribution in [2.45, 2.75) is 19.4 Å². The molecule has 1 aromatic carbocycles. The molecule has 90 valence electrons. The molecule has 1 aromatic heterocycles. The second kappa shape index (κ2) is 5.46. The molecule has 0 aliphatic heterocycles. The molecule has 2 aromatic rings. The molecule has 0 saturated carbocycles. The summed E-state index contributed by atoms with van der Waals surface area (Å²) in [5, 5.41) is 0. The van der Waals surface area contributed by atoms with Crippen molar-refractivity contribution in [3.63, 3.8) is 0 Å². The van der Waals surface area contributed by atoms with Gasteiger partial charge in [-0.25, -0.2) is 4.39 Å². The fraction of sp³-hybridized carbons (Fsp3) is 0.231. The molecule has 0 radical (unpaired) electrons. The molecule has 0 aliphatic carbocycles. The van der Waals surface area contributed by atoms with E-state index in [1.807, 2.05) is 0 Å². The van der Waals surface area contributed by atoms with E-state index in [0.717, 1.165) is 20.4 Å². The molecule has 2 N–H and O–H groups in total. The maximum absolute atomic E-state index is 13.0. The Bertz CT molecular complexity index is 524. The van der Waals surface area contributed by atoms with Gasteiger partial charge in [0.05, 0.1) is 6.04 Å². The Balaban J connectivity index is 2.33. The van der Waals surface area contributed by atoms with E-state index < -0.39 is 0 Å². The lowest BCUT2D eigenvalue weighted by molar-refractivity contribution is 0.625. The minimum atomic E-state index is -0.217. The van der Waals surface area contributed by atoms with Gasteiger partial charge in [0.15, 0.2) is 0 Å². The summed E-state index contributed by atoms with van der Waals surface area (Å²) >= 11 is 3.86. The van der Waals surface area contributed by atoms with Gasteiger partial charge in [0, 0.05) is 13.3 Å². The molecule has 0 saturated heterocycles. The highest BCUT2D eigenvalue weighted by Gasteiger charge is 2.14. The quantitative estimate of drug-likeness (QED) is 0.819. The Morgan fingerprint density at radius 2 is 2.12 bits per heavy atom. The van der Waals surface area contributed by atoms with Crippen molar-refractivity contribution >= 4 is 33.9 Å². The predicted molar refractivity (Wildman–Crippen MR) is 78.8 cm³/mol. The Hall–Kier alpha value is -0.460. The molecule has 2 rings (SSSR count). The maximum atomic E-state index is 13.0. The molecule has 0 bridgehead atoms. The first kappa shape index (κ1) is 13.0. The van der Waals surface area contributed by atoms with E-state index in [-0.39, 0.29) is 11.9 Å². The van der Waals surface area contributed by atoms with Crippen molar-refractivity contribution in [3.8, 4) is 0 Å². The number of hydrogen-bond donors (Lipinski definition) is 1. The van der Waals surface area contributed by atoms with Crippen LogP contribution in [0.5, 0.6) is 0 Å². The number of halogens is 2. The summed E-state index contributed by atoms with van der Waals surface area (Å²) in [6.45, 7) is 2.13. The monoisotopic (exact) mass is 361 g/mol.